The number of hydrogen-bond acceptors (Lipinski definition) is 3. The third kappa shape index (κ3) is 6.44. The summed E-state index contributed by atoms with van der Waals surface area (Å²) in [6.07, 6.45) is 1.82. The van der Waals surface area contributed by atoms with Gasteiger partial charge in [-0.1, -0.05) is 39.0 Å². The molecule has 142 valence electrons. The van der Waals surface area contributed by atoms with Crippen LogP contribution in [0.5, 0.6) is 0 Å². The molecule has 0 unspecified atom stereocenters. The van der Waals surface area contributed by atoms with E-state index >= 15 is 0 Å². The van der Waals surface area contributed by atoms with Crippen LogP contribution in [0.25, 0.3) is 10.9 Å². The fraction of sp³-hybridized carbons (Fsp3) is 0.421. The molecule has 3 N–H and O–H groups in total. The van der Waals surface area contributed by atoms with Crippen LogP contribution in [0.3, 0.4) is 0 Å². The number of nitrogens with one attached hydrogen (secondary N) is 3. The number of halogens is 1. The molecule has 2 aromatic rings. The van der Waals surface area contributed by atoms with Crippen LogP contribution in [0.2, 0.25) is 0 Å². The number of carbonyl (C=O) groups excluding carboxylic acids is 1. The second kappa shape index (κ2) is 10.3. The van der Waals surface area contributed by atoms with Gasteiger partial charge in [0, 0.05) is 43.7 Å². The quantitative estimate of drug-likeness (QED) is 0.273. The summed E-state index contributed by atoms with van der Waals surface area (Å²) >= 11 is 0. The number of nitrogens with zero attached hydrogens (tertiary/aromatic N) is 2. The van der Waals surface area contributed by atoms with Gasteiger partial charge in [0.05, 0.1) is 5.52 Å². The Labute approximate surface area is 172 Å². The van der Waals surface area contributed by atoms with Crippen LogP contribution in [0.1, 0.15) is 26.3 Å². The number of pyridine rings is 1. The molecule has 1 aromatic heterocycles. The summed E-state index contributed by atoms with van der Waals surface area (Å²) in [5, 5.41) is 10.5. The number of carbonyl (C=O) groups is 1. The molecule has 0 aliphatic heterocycles. The molecule has 0 atom stereocenters. The van der Waals surface area contributed by atoms with E-state index in [9.17, 15) is 4.79 Å². The molecule has 0 bridgehead atoms. The van der Waals surface area contributed by atoms with Gasteiger partial charge >= 0.3 is 0 Å². The van der Waals surface area contributed by atoms with Gasteiger partial charge in [-0.15, -0.1) is 24.0 Å². The summed E-state index contributed by atoms with van der Waals surface area (Å²) in [5.74, 6) is 0.742. The molecule has 0 fully saturated rings. The number of hydrogen-bond donors (Lipinski definition) is 3. The van der Waals surface area contributed by atoms with Crippen molar-refractivity contribution in [3.05, 3.63) is 42.1 Å². The summed E-state index contributed by atoms with van der Waals surface area (Å²) < 4.78 is 0. The zero-order valence-corrected chi connectivity index (χ0v) is 18.1. The lowest BCUT2D eigenvalue weighted by molar-refractivity contribution is -0.128. The first kappa shape index (κ1) is 22.1. The van der Waals surface area contributed by atoms with E-state index in [0.29, 0.717) is 25.6 Å². The van der Waals surface area contributed by atoms with E-state index in [4.69, 9.17) is 0 Å². The summed E-state index contributed by atoms with van der Waals surface area (Å²) in [6.45, 7) is 7.50. The lowest BCUT2D eigenvalue weighted by Crippen LogP contribution is -2.43. The van der Waals surface area contributed by atoms with E-state index in [2.05, 4.69) is 32.0 Å². The Bertz CT molecular complexity index is 750. The number of amides is 1. The number of aliphatic imine (C=N–C) groups is 1. The molecule has 26 heavy (non-hydrogen) atoms. The van der Waals surface area contributed by atoms with Crippen LogP contribution < -0.4 is 16.0 Å². The van der Waals surface area contributed by atoms with Crippen LogP contribution in [-0.4, -0.2) is 37.0 Å². The molecule has 0 aliphatic rings. The lowest BCUT2D eigenvalue weighted by Gasteiger charge is -2.18. The second-order valence-electron chi connectivity index (χ2n) is 6.85. The predicted octanol–water partition coefficient (Wildman–Crippen LogP) is 2.68. The topological polar surface area (TPSA) is 78.4 Å². The standard InChI is InChI=1S/C19H27N5O.HI/c1-19(2,3)17(25)22-11-12-23-18(20-4)24-13-14-9-10-21-16-8-6-5-7-15(14)16;/h5-10H,11-13H2,1-4H3,(H,22,25)(H2,20,23,24);1H. The third-order valence-corrected chi connectivity index (χ3v) is 3.79. The maximum atomic E-state index is 11.8. The first-order chi connectivity index (χ1) is 11.9. The van der Waals surface area contributed by atoms with Gasteiger partial charge in [0.1, 0.15) is 0 Å². The van der Waals surface area contributed by atoms with E-state index < -0.39 is 0 Å². The molecule has 1 aromatic carbocycles. The summed E-state index contributed by atoms with van der Waals surface area (Å²) in [5.41, 5.74) is 1.77. The number of rotatable bonds is 5. The van der Waals surface area contributed by atoms with Gasteiger partial charge in [-0.05, 0) is 17.7 Å². The summed E-state index contributed by atoms with van der Waals surface area (Å²) in [7, 11) is 1.73. The Morgan fingerprint density at radius 1 is 1.08 bits per heavy atom. The number of para-hydroxylation sites is 1. The van der Waals surface area contributed by atoms with E-state index in [1.807, 2.05) is 51.2 Å². The average molecular weight is 469 g/mol. The second-order valence-corrected chi connectivity index (χ2v) is 6.85. The van der Waals surface area contributed by atoms with Crippen LogP contribution >= 0.6 is 24.0 Å². The zero-order valence-electron chi connectivity index (χ0n) is 15.8. The minimum atomic E-state index is -0.373. The smallest absolute Gasteiger partial charge is 0.225 e. The van der Waals surface area contributed by atoms with Gasteiger partial charge in [0.2, 0.25) is 5.91 Å². The number of aromatic nitrogens is 1. The molecule has 0 radical (unpaired) electrons. The first-order valence-corrected chi connectivity index (χ1v) is 8.47. The average Bonchev–Trinajstić information content (AvgIpc) is 2.60. The molecule has 1 amide bonds. The van der Waals surface area contributed by atoms with Crippen molar-refractivity contribution in [2.45, 2.75) is 27.3 Å². The highest BCUT2D eigenvalue weighted by molar-refractivity contribution is 14.0. The zero-order chi connectivity index (χ0) is 18.3. The van der Waals surface area contributed by atoms with Gasteiger partial charge in [-0.25, -0.2) is 0 Å². The normalized spacial score (nSPS) is 11.6. The van der Waals surface area contributed by atoms with Crippen LogP contribution in [-0.2, 0) is 11.3 Å². The Hall–Kier alpha value is -1.90. The van der Waals surface area contributed by atoms with Gasteiger partial charge < -0.3 is 16.0 Å². The summed E-state index contributed by atoms with van der Waals surface area (Å²) in [6, 6.07) is 10.1. The van der Waals surface area contributed by atoms with Crippen LogP contribution in [0, 0.1) is 5.41 Å². The Balaban J connectivity index is 0.00000338. The van der Waals surface area contributed by atoms with Crippen LogP contribution in [0.4, 0.5) is 0 Å². The minimum absolute atomic E-state index is 0. The highest BCUT2D eigenvalue weighted by atomic mass is 127. The number of fused-ring (bicyclic) bond motifs is 1. The first-order valence-electron chi connectivity index (χ1n) is 8.47. The van der Waals surface area contributed by atoms with Gasteiger partial charge in [-0.3, -0.25) is 14.8 Å². The number of benzene rings is 1. The molecule has 0 aliphatic carbocycles. The van der Waals surface area contributed by atoms with Crippen molar-refractivity contribution in [2.24, 2.45) is 10.4 Å². The molecule has 0 spiro atoms. The van der Waals surface area contributed by atoms with E-state index in [1.54, 1.807) is 7.05 Å². The largest absolute Gasteiger partial charge is 0.355 e. The molecule has 7 heteroatoms. The molecule has 6 nitrogen and oxygen atoms in total. The monoisotopic (exact) mass is 469 g/mol. The van der Waals surface area contributed by atoms with Crippen molar-refractivity contribution in [1.82, 2.24) is 20.9 Å². The van der Waals surface area contributed by atoms with Gasteiger partial charge in [0.15, 0.2) is 5.96 Å². The Kier molecular flexibility index (Phi) is 8.77. The summed E-state index contributed by atoms with van der Waals surface area (Å²) in [4.78, 5) is 20.4. The van der Waals surface area contributed by atoms with Crippen molar-refractivity contribution >= 4 is 46.7 Å². The van der Waals surface area contributed by atoms with Gasteiger partial charge in [0.25, 0.3) is 0 Å². The van der Waals surface area contributed by atoms with Crippen molar-refractivity contribution in [1.29, 1.82) is 0 Å². The van der Waals surface area contributed by atoms with Gasteiger partial charge in [-0.2, -0.15) is 0 Å². The lowest BCUT2D eigenvalue weighted by atomic mass is 9.96. The molecule has 0 saturated heterocycles. The maximum Gasteiger partial charge on any atom is 0.225 e. The predicted molar refractivity (Wildman–Crippen MR) is 118 cm³/mol. The fourth-order valence-corrected chi connectivity index (χ4v) is 2.33. The van der Waals surface area contributed by atoms with Crippen molar-refractivity contribution in [2.75, 3.05) is 20.1 Å². The molecular formula is C19H28IN5O. The van der Waals surface area contributed by atoms with Crippen molar-refractivity contribution in [3.8, 4) is 0 Å². The Morgan fingerprint density at radius 3 is 2.46 bits per heavy atom. The van der Waals surface area contributed by atoms with E-state index in [0.717, 1.165) is 16.5 Å². The molecule has 0 saturated carbocycles. The van der Waals surface area contributed by atoms with Crippen molar-refractivity contribution < 1.29 is 4.79 Å². The third-order valence-electron chi connectivity index (χ3n) is 3.79. The fourth-order valence-electron chi connectivity index (χ4n) is 2.33. The van der Waals surface area contributed by atoms with E-state index in [-0.39, 0.29) is 35.3 Å². The highest BCUT2D eigenvalue weighted by Crippen LogP contribution is 2.15. The van der Waals surface area contributed by atoms with E-state index in [1.165, 1.54) is 0 Å². The number of guanidine groups is 1. The van der Waals surface area contributed by atoms with Crippen molar-refractivity contribution in [3.63, 3.8) is 0 Å². The van der Waals surface area contributed by atoms with Crippen LogP contribution in [0.15, 0.2) is 41.5 Å². The highest BCUT2D eigenvalue weighted by Gasteiger charge is 2.20. The molecule has 2 rings (SSSR count). The molecular weight excluding hydrogens is 441 g/mol. The molecule has 1 heterocycles. The maximum absolute atomic E-state index is 11.8. The minimum Gasteiger partial charge on any atom is -0.355 e. The Morgan fingerprint density at radius 2 is 1.77 bits per heavy atom. The SMILES string of the molecule is CN=C(NCCNC(=O)C(C)(C)C)NCc1ccnc2ccccc12.I.